The Morgan fingerprint density at radius 1 is 0.857 bits per heavy atom. The first-order chi connectivity index (χ1) is 27.3. The van der Waals surface area contributed by atoms with Gasteiger partial charge in [0.2, 0.25) is 0 Å². The van der Waals surface area contributed by atoms with Gasteiger partial charge in [0, 0.05) is 90.8 Å². The lowest BCUT2D eigenvalue weighted by atomic mass is 9.82. The number of urea groups is 1. The predicted molar refractivity (Wildman–Crippen MR) is 219 cm³/mol. The Labute approximate surface area is 336 Å². The molecule has 1 saturated heterocycles. The molecule has 0 aromatic heterocycles. The van der Waals surface area contributed by atoms with Crippen molar-refractivity contribution in [2.45, 2.75) is 57.4 Å². The molecule has 1 aliphatic rings. The molecule has 56 heavy (non-hydrogen) atoms. The molecule has 1 fully saturated rings. The molecular formula is C43H36BN2O8PS. The van der Waals surface area contributed by atoms with E-state index >= 15 is 0 Å². The summed E-state index contributed by atoms with van der Waals surface area (Å²) in [5.41, 5.74) is 0.823. The first kappa shape index (κ1) is 45.8. The van der Waals surface area contributed by atoms with E-state index < -0.39 is 31.1 Å². The van der Waals surface area contributed by atoms with Gasteiger partial charge < -0.3 is 33.5 Å². The van der Waals surface area contributed by atoms with E-state index in [-0.39, 0.29) is 25.1 Å². The second-order valence-corrected chi connectivity index (χ2v) is 13.7. The van der Waals surface area contributed by atoms with Gasteiger partial charge in [-0.25, -0.2) is 9.59 Å². The van der Waals surface area contributed by atoms with Gasteiger partial charge in [-0.15, -0.1) is 0 Å². The maximum Gasteiger partial charge on any atom is 0.508 e. The number of unbranched alkanes of at least 4 members (excludes halogenated alkanes) is 2. The highest BCUT2D eigenvalue weighted by Crippen LogP contribution is 2.48. The van der Waals surface area contributed by atoms with Crippen LogP contribution in [0.1, 0.15) is 38.2 Å². The summed E-state index contributed by atoms with van der Waals surface area (Å²) in [6.45, 7) is -1.48. The first-order valence-electron chi connectivity index (χ1n) is 16.9. The molecule has 10 nitrogen and oxygen atoms in total. The molecule has 0 bridgehead atoms. The van der Waals surface area contributed by atoms with Crippen LogP contribution in [-0.2, 0) is 41.7 Å². The summed E-state index contributed by atoms with van der Waals surface area (Å²) in [6.07, 6.45) is 4.72. The summed E-state index contributed by atoms with van der Waals surface area (Å²) in [5.74, 6) is 47.6. The van der Waals surface area contributed by atoms with Crippen LogP contribution in [-0.4, -0.2) is 63.4 Å². The summed E-state index contributed by atoms with van der Waals surface area (Å²) in [5, 5.41) is 5.11. The van der Waals surface area contributed by atoms with Crippen LogP contribution in [0.2, 0.25) is 0 Å². The Kier molecular flexibility index (Phi) is 23.8. The fourth-order valence-corrected chi connectivity index (χ4v) is 5.38. The van der Waals surface area contributed by atoms with Gasteiger partial charge in [-0.3, -0.25) is 5.32 Å². The molecule has 2 rings (SSSR count). The number of ether oxygens (including phenoxy) is 3. The van der Waals surface area contributed by atoms with E-state index in [4.69, 9.17) is 35.1 Å². The molecule has 1 aliphatic heterocycles. The maximum absolute atomic E-state index is 12.2. The molecule has 13 heteroatoms. The van der Waals surface area contributed by atoms with Crippen molar-refractivity contribution in [3.8, 4) is 119 Å². The highest BCUT2D eigenvalue weighted by molar-refractivity contribution is 8.07. The third kappa shape index (κ3) is 22.0. The molecule has 5 atom stereocenters. The minimum Gasteiger partial charge on any atom is -0.431 e. The first-order valence-corrected chi connectivity index (χ1v) is 19.5. The molecule has 0 spiro atoms. The Hall–Kier alpha value is -6.35. The fraction of sp³-hybridized carbons (Fsp3) is 0.302. The average molecular weight is 783 g/mol. The second-order valence-electron chi connectivity index (χ2n) is 10.8. The molecule has 2 amide bonds. The summed E-state index contributed by atoms with van der Waals surface area (Å²) < 4.78 is 27.3. The zero-order chi connectivity index (χ0) is 40.5. The standard InChI is InChI=1S/C43H36BN2O8PS/c1-3-4-5-6-7-8-9-10-11-12-13-14-15-16-17-18-19-22-28-33-45-42(47)46-34-29-23-20-21-27-32-38-40(54-55(49,56)50-2)39(53-41(38)44)36-52-43(48)51-35-37-30-25-24-26-31-37/h21,24-27,30-31,38-41H,20,23,29,32,34-36,44H2,1-2H3,(H,49,56)(H2,45,46,47)/b27-21+/t38?,39-,40-,41-,55?/m1/s1. The summed E-state index contributed by atoms with van der Waals surface area (Å²) in [4.78, 5) is 34.5. The number of amides is 2. The van der Waals surface area contributed by atoms with Gasteiger partial charge in [0.05, 0.1) is 0 Å². The van der Waals surface area contributed by atoms with Crippen LogP contribution in [0, 0.1) is 124 Å². The molecule has 1 aromatic rings. The van der Waals surface area contributed by atoms with Crippen LogP contribution >= 0.6 is 6.72 Å². The summed E-state index contributed by atoms with van der Waals surface area (Å²) in [6, 6.07) is 10.9. The van der Waals surface area contributed by atoms with Crippen LogP contribution in [0.5, 0.6) is 0 Å². The van der Waals surface area contributed by atoms with Gasteiger partial charge in [-0.2, -0.15) is 0 Å². The topological polar surface area (TPSA) is 125 Å². The van der Waals surface area contributed by atoms with Crippen LogP contribution < -0.4 is 10.6 Å². The van der Waals surface area contributed by atoms with Crippen molar-refractivity contribution in [1.29, 1.82) is 0 Å². The van der Waals surface area contributed by atoms with Crippen LogP contribution in [0.3, 0.4) is 0 Å². The van der Waals surface area contributed by atoms with Crippen molar-refractivity contribution in [2.24, 2.45) is 5.92 Å². The largest absolute Gasteiger partial charge is 0.508 e. The molecule has 0 saturated carbocycles. The van der Waals surface area contributed by atoms with Crippen molar-refractivity contribution in [3.05, 3.63) is 48.0 Å². The van der Waals surface area contributed by atoms with Crippen molar-refractivity contribution in [2.75, 3.05) is 20.3 Å². The van der Waals surface area contributed by atoms with E-state index in [0.717, 1.165) is 24.8 Å². The Balaban J connectivity index is 1.67. The molecule has 1 heterocycles. The molecular weight excluding hydrogens is 746 g/mol. The fourth-order valence-electron chi connectivity index (χ4n) is 4.39. The maximum atomic E-state index is 12.2. The number of rotatable bonds is 14. The highest BCUT2D eigenvalue weighted by Gasteiger charge is 2.45. The van der Waals surface area contributed by atoms with Crippen molar-refractivity contribution in [3.63, 3.8) is 0 Å². The average Bonchev–Trinajstić information content (AvgIpc) is 3.48. The SMILES string of the molecule is B[C@@H]1O[C@H](COC(=O)OCc2ccccc2)[C@H](OP(O)(=S)OC)C1C/C=C/CCCCNC(=O)NC#CC#CC#CC#CC#CC#CC#CC#CC#CC#CC. The zero-order valence-corrected chi connectivity index (χ0v) is 32.7. The lowest BCUT2D eigenvalue weighted by Gasteiger charge is -2.26. The van der Waals surface area contributed by atoms with Crippen molar-refractivity contribution >= 4 is 38.6 Å². The van der Waals surface area contributed by atoms with Crippen LogP contribution in [0.4, 0.5) is 9.59 Å². The predicted octanol–water partition coefficient (Wildman–Crippen LogP) is 2.99. The Morgan fingerprint density at radius 3 is 2.00 bits per heavy atom. The molecule has 2 unspecified atom stereocenters. The normalized spacial score (nSPS) is 16.3. The highest BCUT2D eigenvalue weighted by atomic mass is 32.5. The molecule has 280 valence electrons. The number of carbonyl (C=O) groups is 2. The van der Waals surface area contributed by atoms with E-state index in [1.54, 1.807) is 6.92 Å². The van der Waals surface area contributed by atoms with E-state index in [1.807, 2.05) is 50.3 Å². The van der Waals surface area contributed by atoms with Crippen LogP contribution in [0.15, 0.2) is 42.5 Å². The number of nitrogens with one attached hydrogen (secondary N) is 2. The number of carbonyl (C=O) groups excluding carboxylic acids is 2. The van der Waals surface area contributed by atoms with Gasteiger partial charge in [-0.1, -0.05) is 48.4 Å². The van der Waals surface area contributed by atoms with Gasteiger partial charge in [0.15, 0.2) is 0 Å². The van der Waals surface area contributed by atoms with Gasteiger partial charge in [-0.05, 0) is 97.3 Å². The number of hydrogen-bond acceptors (Lipinski definition) is 8. The minimum absolute atomic E-state index is 0.0682. The Bertz CT molecular complexity index is 2250. The van der Waals surface area contributed by atoms with Gasteiger partial charge in [0.1, 0.15) is 33.3 Å². The van der Waals surface area contributed by atoms with E-state index in [0.29, 0.717) is 13.0 Å². The number of allylic oxidation sites excluding steroid dienone is 2. The molecule has 3 N–H and O–H groups in total. The van der Waals surface area contributed by atoms with Gasteiger partial charge >= 0.3 is 18.9 Å². The van der Waals surface area contributed by atoms with Crippen molar-refractivity contribution < 1.29 is 37.7 Å². The smallest absolute Gasteiger partial charge is 0.431 e. The quantitative estimate of drug-likeness (QED) is 0.0498. The van der Waals surface area contributed by atoms with Crippen LogP contribution in [0.25, 0.3) is 0 Å². The zero-order valence-electron chi connectivity index (χ0n) is 31.0. The number of hydrogen-bond donors (Lipinski definition) is 3. The second kappa shape index (κ2) is 29.1. The molecule has 0 aliphatic carbocycles. The minimum atomic E-state index is -3.54. The molecule has 0 radical (unpaired) electrons. The lowest BCUT2D eigenvalue weighted by Crippen LogP contribution is -2.33. The third-order valence-electron chi connectivity index (χ3n) is 6.92. The summed E-state index contributed by atoms with van der Waals surface area (Å²) in [7, 11) is 3.16. The van der Waals surface area contributed by atoms with E-state index in [2.05, 4.69) is 129 Å². The van der Waals surface area contributed by atoms with E-state index in [1.165, 1.54) is 7.11 Å². The molecule has 1 aromatic carbocycles. The summed E-state index contributed by atoms with van der Waals surface area (Å²) >= 11 is 5.10. The van der Waals surface area contributed by atoms with Gasteiger partial charge in [0.25, 0.3) is 0 Å². The Morgan fingerprint density at radius 2 is 1.43 bits per heavy atom. The monoisotopic (exact) mass is 782 g/mol. The van der Waals surface area contributed by atoms with Crippen molar-refractivity contribution in [1.82, 2.24) is 10.6 Å². The number of benzene rings is 1. The lowest BCUT2D eigenvalue weighted by molar-refractivity contribution is -0.0272. The van der Waals surface area contributed by atoms with E-state index in [9.17, 15) is 14.5 Å². The third-order valence-corrected chi connectivity index (χ3v) is 8.59.